The van der Waals surface area contributed by atoms with Crippen molar-refractivity contribution in [1.29, 1.82) is 0 Å². The number of anilines is 1. The van der Waals surface area contributed by atoms with Crippen LogP contribution in [0.1, 0.15) is 58.0 Å². The second kappa shape index (κ2) is 7.70. The topological polar surface area (TPSA) is 73.2 Å². The van der Waals surface area contributed by atoms with Crippen molar-refractivity contribution in [3.63, 3.8) is 0 Å². The number of thiophene rings is 1. The quantitative estimate of drug-likeness (QED) is 0.733. The van der Waals surface area contributed by atoms with Gasteiger partial charge in [-0.25, -0.2) is 4.79 Å². The molecule has 1 amide bonds. The van der Waals surface area contributed by atoms with Crippen LogP contribution in [0.15, 0.2) is 10.7 Å². The fourth-order valence-corrected chi connectivity index (χ4v) is 4.72. The van der Waals surface area contributed by atoms with Gasteiger partial charge in [0.1, 0.15) is 5.00 Å². The standard InChI is InChI=1S/C17H20BrN3O3S/c1-3-21-9-11(18)14(20-21)15(22)19-16-13(17(23)24-4-2)10-7-5-6-8-12(10)25-16/h9H,3-8H2,1-2H3,(H,19,22). The molecule has 0 aromatic carbocycles. The number of aromatic nitrogens is 2. The third-order valence-corrected chi connectivity index (χ3v) is 5.92. The Bertz CT molecular complexity index is 812. The van der Waals surface area contributed by atoms with E-state index in [0.717, 1.165) is 31.2 Å². The van der Waals surface area contributed by atoms with Crippen LogP contribution in [0.25, 0.3) is 0 Å². The molecule has 0 radical (unpaired) electrons. The van der Waals surface area contributed by atoms with Gasteiger partial charge in [0, 0.05) is 17.6 Å². The number of carbonyl (C=O) groups is 2. The third-order valence-electron chi connectivity index (χ3n) is 4.13. The first kappa shape index (κ1) is 18.1. The molecule has 1 aliphatic carbocycles. The zero-order valence-corrected chi connectivity index (χ0v) is 16.6. The molecule has 134 valence electrons. The molecule has 1 N–H and O–H groups in total. The number of hydrogen-bond donors (Lipinski definition) is 1. The van der Waals surface area contributed by atoms with Crippen LogP contribution in [0, 0.1) is 0 Å². The van der Waals surface area contributed by atoms with Crippen LogP contribution in [0.2, 0.25) is 0 Å². The van der Waals surface area contributed by atoms with E-state index in [-0.39, 0.29) is 11.9 Å². The number of halogens is 1. The third kappa shape index (κ3) is 3.64. The van der Waals surface area contributed by atoms with E-state index >= 15 is 0 Å². The second-order valence-electron chi connectivity index (χ2n) is 5.77. The maximum absolute atomic E-state index is 12.6. The van der Waals surface area contributed by atoms with E-state index in [1.54, 1.807) is 17.8 Å². The Morgan fingerprint density at radius 1 is 1.36 bits per heavy atom. The maximum atomic E-state index is 12.6. The molecular formula is C17H20BrN3O3S. The molecular weight excluding hydrogens is 406 g/mol. The zero-order chi connectivity index (χ0) is 18.0. The maximum Gasteiger partial charge on any atom is 0.341 e. The Morgan fingerprint density at radius 3 is 2.80 bits per heavy atom. The Hall–Kier alpha value is -1.67. The summed E-state index contributed by atoms with van der Waals surface area (Å²) in [4.78, 5) is 26.3. The molecule has 0 bridgehead atoms. The van der Waals surface area contributed by atoms with Crippen molar-refractivity contribution in [3.05, 3.63) is 32.4 Å². The highest BCUT2D eigenvalue weighted by molar-refractivity contribution is 9.10. The van der Waals surface area contributed by atoms with Crippen LogP contribution in [0.4, 0.5) is 5.00 Å². The molecule has 8 heteroatoms. The SMILES string of the molecule is CCOC(=O)c1c(NC(=O)c2nn(CC)cc2Br)sc2c1CCCC2. The van der Waals surface area contributed by atoms with Crippen LogP contribution in [0.5, 0.6) is 0 Å². The molecule has 3 rings (SSSR count). The van der Waals surface area contributed by atoms with Gasteiger partial charge in [0.05, 0.1) is 16.6 Å². The fraction of sp³-hybridized carbons (Fsp3) is 0.471. The minimum absolute atomic E-state index is 0.308. The van der Waals surface area contributed by atoms with Crippen LogP contribution >= 0.6 is 27.3 Å². The number of aryl methyl sites for hydroxylation is 2. The lowest BCUT2D eigenvalue weighted by Crippen LogP contribution is -2.16. The first-order chi connectivity index (χ1) is 12.0. The minimum Gasteiger partial charge on any atom is -0.462 e. The normalized spacial score (nSPS) is 13.4. The summed E-state index contributed by atoms with van der Waals surface area (Å²) >= 11 is 4.84. The van der Waals surface area contributed by atoms with Gasteiger partial charge in [-0.3, -0.25) is 9.48 Å². The van der Waals surface area contributed by atoms with Gasteiger partial charge in [0.25, 0.3) is 5.91 Å². The Labute approximate surface area is 158 Å². The van der Waals surface area contributed by atoms with Gasteiger partial charge in [0.2, 0.25) is 0 Å². The highest BCUT2D eigenvalue weighted by Gasteiger charge is 2.28. The average Bonchev–Trinajstić information content (AvgIpc) is 3.14. The van der Waals surface area contributed by atoms with Crippen molar-refractivity contribution in [1.82, 2.24) is 9.78 Å². The number of carbonyl (C=O) groups excluding carboxylic acids is 2. The molecule has 2 aromatic rings. The number of esters is 1. The molecule has 25 heavy (non-hydrogen) atoms. The fourth-order valence-electron chi connectivity index (χ4n) is 2.95. The number of nitrogens with one attached hydrogen (secondary N) is 1. The molecule has 0 saturated carbocycles. The van der Waals surface area contributed by atoms with Crippen LogP contribution in [-0.2, 0) is 24.1 Å². The van der Waals surface area contributed by atoms with Crippen LogP contribution in [0.3, 0.4) is 0 Å². The molecule has 2 aromatic heterocycles. The predicted octanol–water partition coefficient (Wildman–Crippen LogP) is 4.03. The van der Waals surface area contributed by atoms with E-state index in [0.29, 0.717) is 33.9 Å². The number of amides is 1. The van der Waals surface area contributed by atoms with E-state index in [1.165, 1.54) is 16.2 Å². The highest BCUT2D eigenvalue weighted by Crippen LogP contribution is 2.39. The smallest absolute Gasteiger partial charge is 0.341 e. The predicted molar refractivity (Wildman–Crippen MR) is 100 cm³/mol. The molecule has 6 nitrogen and oxygen atoms in total. The number of ether oxygens (including phenoxy) is 1. The van der Waals surface area contributed by atoms with E-state index in [4.69, 9.17) is 4.74 Å². The summed E-state index contributed by atoms with van der Waals surface area (Å²) in [6, 6.07) is 0. The van der Waals surface area contributed by atoms with Gasteiger partial charge in [0.15, 0.2) is 5.69 Å². The van der Waals surface area contributed by atoms with Crippen molar-refractivity contribution < 1.29 is 14.3 Å². The van der Waals surface area contributed by atoms with Crippen molar-refractivity contribution in [2.45, 2.75) is 46.1 Å². The van der Waals surface area contributed by atoms with Crippen molar-refractivity contribution >= 4 is 44.1 Å². The van der Waals surface area contributed by atoms with E-state index in [9.17, 15) is 9.59 Å². The summed E-state index contributed by atoms with van der Waals surface area (Å²) in [5.41, 5.74) is 1.85. The molecule has 0 fully saturated rings. The van der Waals surface area contributed by atoms with Gasteiger partial charge < -0.3 is 10.1 Å². The van der Waals surface area contributed by atoms with Gasteiger partial charge >= 0.3 is 5.97 Å². The lowest BCUT2D eigenvalue weighted by Gasteiger charge is -2.12. The summed E-state index contributed by atoms with van der Waals surface area (Å²) in [5.74, 6) is -0.696. The van der Waals surface area contributed by atoms with Crippen molar-refractivity contribution in [3.8, 4) is 0 Å². The number of nitrogens with zero attached hydrogens (tertiary/aromatic N) is 2. The Balaban J connectivity index is 1.93. The summed E-state index contributed by atoms with van der Waals surface area (Å²) in [7, 11) is 0. The Morgan fingerprint density at radius 2 is 2.12 bits per heavy atom. The Kier molecular flexibility index (Phi) is 5.58. The zero-order valence-electron chi connectivity index (χ0n) is 14.2. The minimum atomic E-state index is -0.365. The van der Waals surface area contributed by atoms with E-state index < -0.39 is 0 Å². The van der Waals surface area contributed by atoms with E-state index in [1.807, 2.05) is 6.92 Å². The summed E-state index contributed by atoms with van der Waals surface area (Å²) in [6.07, 6.45) is 5.71. The molecule has 0 unspecified atom stereocenters. The highest BCUT2D eigenvalue weighted by atomic mass is 79.9. The largest absolute Gasteiger partial charge is 0.462 e. The summed E-state index contributed by atoms with van der Waals surface area (Å²) in [5, 5.41) is 7.70. The van der Waals surface area contributed by atoms with Gasteiger partial charge in [-0.2, -0.15) is 5.10 Å². The molecule has 0 spiro atoms. The number of fused-ring (bicyclic) bond motifs is 1. The summed E-state index contributed by atoms with van der Waals surface area (Å²) in [6.45, 7) is 4.72. The molecule has 2 heterocycles. The molecule has 0 aliphatic heterocycles. The first-order valence-electron chi connectivity index (χ1n) is 8.41. The van der Waals surface area contributed by atoms with Crippen LogP contribution < -0.4 is 5.32 Å². The van der Waals surface area contributed by atoms with Gasteiger partial charge in [-0.15, -0.1) is 11.3 Å². The van der Waals surface area contributed by atoms with Crippen molar-refractivity contribution in [2.24, 2.45) is 0 Å². The van der Waals surface area contributed by atoms with Crippen LogP contribution in [-0.4, -0.2) is 28.3 Å². The lowest BCUT2D eigenvalue weighted by atomic mass is 9.95. The van der Waals surface area contributed by atoms with Crippen molar-refractivity contribution in [2.75, 3.05) is 11.9 Å². The molecule has 0 atom stereocenters. The second-order valence-corrected chi connectivity index (χ2v) is 7.73. The number of rotatable bonds is 5. The van der Waals surface area contributed by atoms with E-state index in [2.05, 4.69) is 26.3 Å². The lowest BCUT2D eigenvalue weighted by molar-refractivity contribution is 0.0526. The average molecular weight is 426 g/mol. The summed E-state index contributed by atoms with van der Waals surface area (Å²) < 4.78 is 7.53. The van der Waals surface area contributed by atoms with Gasteiger partial charge in [-0.05, 0) is 61.0 Å². The molecule has 0 saturated heterocycles. The first-order valence-corrected chi connectivity index (χ1v) is 10.0. The van der Waals surface area contributed by atoms with Gasteiger partial charge in [-0.1, -0.05) is 0 Å². The molecule has 1 aliphatic rings. The monoisotopic (exact) mass is 425 g/mol. The number of hydrogen-bond acceptors (Lipinski definition) is 5.